The lowest BCUT2D eigenvalue weighted by Crippen LogP contribution is -2.15. The van der Waals surface area contributed by atoms with Gasteiger partial charge in [0.25, 0.3) is 10.0 Å². The lowest BCUT2D eigenvalue weighted by atomic mass is 10.1. The van der Waals surface area contributed by atoms with Gasteiger partial charge in [-0.3, -0.25) is 4.72 Å². The summed E-state index contributed by atoms with van der Waals surface area (Å²) in [5, 5.41) is 10.8. The molecular formula is C17H18N2O4S2. The van der Waals surface area contributed by atoms with E-state index < -0.39 is 10.0 Å². The van der Waals surface area contributed by atoms with Gasteiger partial charge < -0.3 is 9.47 Å². The van der Waals surface area contributed by atoms with Crippen LogP contribution in [0.4, 0.5) is 5.69 Å². The summed E-state index contributed by atoms with van der Waals surface area (Å²) < 4.78 is 38.3. The standard InChI is InChI=1S/C17H18N2O4S2/c1-11-7-13(24-10-18)8-12(2)17(11)19-25(20,21)14-5-6-15(22-3)16(9-14)23-4/h5-9,19H,1-4H3. The minimum atomic E-state index is -3.80. The van der Waals surface area contributed by atoms with E-state index in [1.807, 2.05) is 5.40 Å². The third-order valence-electron chi connectivity index (χ3n) is 3.57. The van der Waals surface area contributed by atoms with Gasteiger partial charge in [-0.25, -0.2) is 8.42 Å². The average molecular weight is 378 g/mol. The smallest absolute Gasteiger partial charge is 0.262 e. The molecule has 8 heteroatoms. The SMILES string of the molecule is COc1ccc(S(=O)(=O)Nc2c(C)cc(SC#N)cc2C)cc1OC. The molecular weight excluding hydrogens is 360 g/mol. The van der Waals surface area contributed by atoms with E-state index in [4.69, 9.17) is 14.7 Å². The molecule has 0 spiro atoms. The van der Waals surface area contributed by atoms with Gasteiger partial charge in [0, 0.05) is 11.0 Å². The summed E-state index contributed by atoms with van der Waals surface area (Å²) in [4.78, 5) is 0.839. The molecule has 0 heterocycles. The molecule has 0 fully saturated rings. The topological polar surface area (TPSA) is 88.4 Å². The fourth-order valence-corrected chi connectivity index (χ4v) is 4.17. The Morgan fingerprint density at radius 3 is 2.16 bits per heavy atom. The molecule has 6 nitrogen and oxygen atoms in total. The van der Waals surface area contributed by atoms with E-state index in [2.05, 4.69) is 4.72 Å². The van der Waals surface area contributed by atoms with Crippen LogP contribution in [0.1, 0.15) is 11.1 Å². The zero-order valence-corrected chi connectivity index (χ0v) is 15.9. The molecule has 0 aliphatic carbocycles. The largest absolute Gasteiger partial charge is 0.493 e. The highest BCUT2D eigenvalue weighted by molar-refractivity contribution is 8.03. The number of ether oxygens (including phenoxy) is 2. The van der Waals surface area contributed by atoms with Crippen molar-refractivity contribution in [2.24, 2.45) is 0 Å². The third-order valence-corrected chi connectivity index (χ3v) is 5.48. The third kappa shape index (κ3) is 4.18. The van der Waals surface area contributed by atoms with Crippen molar-refractivity contribution < 1.29 is 17.9 Å². The van der Waals surface area contributed by atoms with Crippen molar-refractivity contribution in [1.82, 2.24) is 0 Å². The van der Waals surface area contributed by atoms with Crippen LogP contribution >= 0.6 is 11.8 Å². The van der Waals surface area contributed by atoms with Crippen molar-refractivity contribution in [1.29, 1.82) is 5.26 Å². The van der Waals surface area contributed by atoms with Gasteiger partial charge in [-0.1, -0.05) is 0 Å². The molecule has 0 saturated heterocycles. The first kappa shape index (κ1) is 19.0. The van der Waals surface area contributed by atoms with E-state index in [0.717, 1.165) is 27.8 Å². The number of benzene rings is 2. The van der Waals surface area contributed by atoms with Crippen LogP contribution < -0.4 is 14.2 Å². The highest BCUT2D eigenvalue weighted by Crippen LogP contribution is 2.32. The first-order valence-corrected chi connectivity index (χ1v) is 9.54. The quantitative estimate of drug-likeness (QED) is 0.609. The summed E-state index contributed by atoms with van der Waals surface area (Å²) in [5.74, 6) is 0.784. The maximum absolute atomic E-state index is 12.7. The highest BCUT2D eigenvalue weighted by Gasteiger charge is 2.19. The van der Waals surface area contributed by atoms with Gasteiger partial charge in [0.2, 0.25) is 0 Å². The Hall–Kier alpha value is -2.37. The molecule has 0 aliphatic heterocycles. The summed E-state index contributed by atoms with van der Waals surface area (Å²) in [7, 11) is -0.868. The summed E-state index contributed by atoms with van der Waals surface area (Å²) >= 11 is 1.03. The van der Waals surface area contributed by atoms with E-state index >= 15 is 0 Å². The fourth-order valence-electron chi connectivity index (χ4n) is 2.37. The summed E-state index contributed by atoms with van der Waals surface area (Å²) in [6.45, 7) is 3.59. The number of hydrogen-bond donors (Lipinski definition) is 1. The number of rotatable bonds is 6. The lowest BCUT2D eigenvalue weighted by molar-refractivity contribution is 0.354. The van der Waals surface area contributed by atoms with Gasteiger partial charge in [0.05, 0.1) is 24.8 Å². The molecule has 0 unspecified atom stereocenters. The maximum Gasteiger partial charge on any atom is 0.262 e. The first-order valence-electron chi connectivity index (χ1n) is 7.24. The zero-order valence-electron chi connectivity index (χ0n) is 14.3. The number of nitrogens with one attached hydrogen (secondary N) is 1. The Bertz CT molecular complexity index is 911. The predicted molar refractivity (Wildman–Crippen MR) is 97.7 cm³/mol. The monoisotopic (exact) mass is 378 g/mol. The van der Waals surface area contributed by atoms with E-state index in [0.29, 0.717) is 17.2 Å². The number of methoxy groups -OCH3 is 2. The van der Waals surface area contributed by atoms with E-state index in [-0.39, 0.29) is 4.90 Å². The molecule has 132 valence electrons. The van der Waals surface area contributed by atoms with E-state index in [1.165, 1.54) is 26.4 Å². The number of anilines is 1. The zero-order chi connectivity index (χ0) is 18.6. The predicted octanol–water partition coefficient (Wildman–Crippen LogP) is 3.69. The molecule has 2 rings (SSSR count). The Labute approximate surface area is 151 Å². The number of hydrogen-bond acceptors (Lipinski definition) is 6. The van der Waals surface area contributed by atoms with Crippen LogP contribution in [0, 0.1) is 24.5 Å². The summed E-state index contributed by atoms with van der Waals surface area (Å²) in [6.07, 6.45) is 0. The minimum Gasteiger partial charge on any atom is -0.493 e. The van der Waals surface area contributed by atoms with Gasteiger partial charge in [-0.2, -0.15) is 5.26 Å². The minimum absolute atomic E-state index is 0.0689. The maximum atomic E-state index is 12.7. The molecule has 1 N–H and O–H groups in total. The lowest BCUT2D eigenvalue weighted by Gasteiger charge is -2.15. The molecule has 0 saturated carbocycles. The van der Waals surface area contributed by atoms with Gasteiger partial charge in [-0.15, -0.1) is 0 Å². The Morgan fingerprint density at radius 1 is 1.04 bits per heavy atom. The Balaban J connectivity index is 2.41. The van der Waals surface area contributed by atoms with Crippen molar-refractivity contribution in [3.05, 3.63) is 41.5 Å². The van der Waals surface area contributed by atoms with Crippen LogP contribution in [0.25, 0.3) is 0 Å². The van der Waals surface area contributed by atoms with Gasteiger partial charge in [-0.05, 0) is 61.0 Å². The number of nitrogens with zero attached hydrogens (tertiary/aromatic N) is 1. The molecule has 0 radical (unpaired) electrons. The number of aryl methyl sites for hydroxylation is 2. The Kier molecular flexibility index (Phi) is 5.82. The van der Waals surface area contributed by atoms with Crippen LogP contribution in [-0.2, 0) is 10.0 Å². The number of thiocyanates is 1. The highest BCUT2D eigenvalue weighted by atomic mass is 32.2. The number of thioether (sulfide) groups is 1. The second-order valence-corrected chi connectivity index (χ2v) is 7.79. The van der Waals surface area contributed by atoms with Crippen LogP contribution in [0.3, 0.4) is 0 Å². The van der Waals surface area contributed by atoms with Gasteiger partial charge in [0.1, 0.15) is 5.40 Å². The van der Waals surface area contributed by atoms with Crippen LogP contribution in [-0.4, -0.2) is 22.6 Å². The van der Waals surface area contributed by atoms with Crippen molar-refractivity contribution in [3.8, 4) is 16.9 Å². The van der Waals surface area contributed by atoms with Crippen molar-refractivity contribution in [3.63, 3.8) is 0 Å². The summed E-state index contributed by atoms with van der Waals surface area (Å²) in [6, 6.07) is 7.94. The first-order chi connectivity index (χ1) is 11.8. The molecule has 0 aliphatic rings. The van der Waals surface area contributed by atoms with Crippen molar-refractivity contribution in [2.75, 3.05) is 18.9 Å². The average Bonchev–Trinajstić information content (AvgIpc) is 2.57. The molecule has 0 bridgehead atoms. The van der Waals surface area contributed by atoms with E-state index in [1.54, 1.807) is 32.0 Å². The number of sulfonamides is 1. The molecule has 25 heavy (non-hydrogen) atoms. The molecule has 0 amide bonds. The van der Waals surface area contributed by atoms with E-state index in [9.17, 15) is 8.42 Å². The molecule has 2 aromatic carbocycles. The summed E-state index contributed by atoms with van der Waals surface area (Å²) in [5.41, 5.74) is 1.97. The Morgan fingerprint density at radius 2 is 1.64 bits per heavy atom. The van der Waals surface area contributed by atoms with Crippen molar-refractivity contribution in [2.45, 2.75) is 23.6 Å². The van der Waals surface area contributed by atoms with Crippen LogP contribution in [0.15, 0.2) is 40.1 Å². The van der Waals surface area contributed by atoms with Crippen molar-refractivity contribution >= 4 is 27.5 Å². The van der Waals surface area contributed by atoms with Crippen LogP contribution in [0.5, 0.6) is 11.5 Å². The molecule has 0 aromatic heterocycles. The molecule has 0 atom stereocenters. The normalized spacial score (nSPS) is 10.8. The second kappa shape index (κ2) is 7.68. The number of nitriles is 1. The second-order valence-electron chi connectivity index (χ2n) is 5.25. The molecule has 2 aromatic rings. The fraction of sp³-hybridized carbons (Fsp3) is 0.235. The van der Waals surface area contributed by atoms with Gasteiger partial charge in [0.15, 0.2) is 11.5 Å². The van der Waals surface area contributed by atoms with Crippen LogP contribution in [0.2, 0.25) is 0 Å². The van der Waals surface area contributed by atoms with Gasteiger partial charge >= 0.3 is 0 Å².